The van der Waals surface area contributed by atoms with Crippen LogP contribution in [0.15, 0.2) is 33.6 Å². The Hall–Kier alpha value is -0.520. The molecule has 19 heavy (non-hydrogen) atoms. The number of benzene rings is 1. The Morgan fingerprint density at radius 2 is 1.95 bits per heavy atom. The minimum absolute atomic E-state index is 0.188. The molecule has 0 aromatic heterocycles. The predicted molar refractivity (Wildman–Crippen MR) is 82.7 cm³/mol. The second-order valence-corrected chi connectivity index (χ2v) is 6.87. The second-order valence-electron chi connectivity index (χ2n) is 4.79. The third kappa shape index (κ3) is 5.55. The third-order valence-corrected chi connectivity index (χ3v) is 4.77. The van der Waals surface area contributed by atoms with Crippen molar-refractivity contribution in [3.05, 3.63) is 28.7 Å². The van der Waals surface area contributed by atoms with Gasteiger partial charge in [0.05, 0.1) is 13.1 Å². The lowest BCUT2D eigenvalue weighted by Crippen LogP contribution is -3.11. The van der Waals surface area contributed by atoms with Gasteiger partial charge in [-0.2, -0.15) is 0 Å². The van der Waals surface area contributed by atoms with Crippen molar-refractivity contribution in [1.29, 1.82) is 0 Å². The first-order valence-electron chi connectivity index (χ1n) is 6.73. The van der Waals surface area contributed by atoms with E-state index in [4.69, 9.17) is 0 Å². The summed E-state index contributed by atoms with van der Waals surface area (Å²) in [6.07, 6.45) is 2.53. The molecule has 1 amide bonds. The monoisotopic (exact) mass is 343 g/mol. The molecule has 1 saturated heterocycles. The number of halogens is 1. The first-order chi connectivity index (χ1) is 9.24. The lowest BCUT2D eigenvalue weighted by atomic mass is 10.4. The van der Waals surface area contributed by atoms with Crippen molar-refractivity contribution in [3.8, 4) is 0 Å². The number of carbonyl (C=O) groups is 1. The number of hydrogen-bond acceptors (Lipinski definition) is 2. The highest BCUT2D eigenvalue weighted by atomic mass is 79.9. The summed E-state index contributed by atoms with van der Waals surface area (Å²) in [7, 11) is 0. The number of thioether (sulfide) groups is 1. The van der Waals surface area contributed by atoms with Gasteiger partial charge in [0.1, 0.15) is 0 Å². The molecular formula is C14H20BrN2OS+. The standard InChI is InChI=1S/C14H19BrN2OS/c15-12-3-5-13(6-4-12)19-10-7-16-14(18)11-17-8-1-2-9-17/h3-6H,1-2,7-11H2,(H,16,18)/p+1. The summed E-state index contributed by atoms with van der Waals surface area (Å²) >= 11 is 5.19. The van der Waals surface area contributed by atoms with E-state index in [1.54, 1.807) is 11.8 Å². The fourth-order valence-corrected chi connectivity index (χ4v) is 3.26. The number of quaternary nitrogens is 1. The van der Waals surface area contributed by atoms with Crippen LogP contribution >= 0.6 is 27.7 Å². The van der Waals surface area contributed by atoms with E-state index < -0.39 is 0 Å². The summed E-state index contributed by atoms with van der Waals surface area (Å²) in [4.78, 5) is 14.4. The number of amides is 1. The minimum Gasteiger partial charge on any atom is -0.350 e. The topological polar surface area (TPSA) is 33.5 Å². The number of hydrogen-bond donors (Lipinski definition) is 2. The minimum atomic E-state index is 0.188. The number of nitrogens with one attached hydrogen (secondary N) is 2. The predicted octanol–water partition coefficient (Wildman–Crippen LogP) is 1.34. The van der Waals surface area contributed by atoms with Crippen LogP contribution in [0, 0.1) is 0 Å². The quantitative estimate of drug-likeness (QED) is 0.603. The Morgan fingerprint density at radius 3 is 2.63 bits per heavy atom. The van der Waals surface area contributed by atoms with Gasteiger partial charge in [0.15, 0.2) is 6.54 Å². The lowest BCUT2D eigenvalue weighted by Gasteiger charge is -2.11. The molecule has 0 atom stereocenters. The van der Waals surface area contributed by atoms with E-state index in [0.29, 0.717) is 6.54 Å². The van der Waals surface area contributed by atoms with Crippen molar-refractivity contribution in [1.82, 2.24) is 5.32 Å². The highest BCUT2D eigenvalue weighted by Gasteiger charge is 2.18. The van der Waals surface area contributed by atoms with E-state index in [1.807, 2.05) is 12.1 Å². The SMILES string of the molecule is O=C(C[NH+]1CCCC1)NCCSc1ccc(Br)cc1. The molecule has 104 valence electrons. The highest BCUT2D eigenvalue weighted by molar-refractivity contribution is 9.10. The molecule has 0 unspecified atom stereocenters. The van der Waals surface area contributed by atoms with Gasteiger partial charge in [0, 0.05) is 34.5 Å². The van der Waals surface area contributed by atoms with E-state index in [-0.39, 0.29) is 5.91 Å². The van der Waals surface area contributed by atoms with E-state index in [1.165, 1.54) is 22.6 Å². The lowest BCUT2D eigenvalue weighted by molar-refractivity contribution is -0.879. The zero-order valence-electron chi connectivity index (χ0n) is 11.0. The average Bonchev–Trinajstić information content (AvgIpc) is 2.89. The molecule has 3 nitrogen and oxygen atoms in total. The zero-order chi connectivity index (χ0) is 13.5. The van der Waals surface area contributed by atoms with Gasteiger partial charge in [0.2, 0.25) is 0 Å². The van der Waals surface area contributed by atoms with Gasteiger partial charge in [0.25, 0.3) is 5.91 Å². The van der Waals surface area contributed by atoms with Gasteiger partial charge in [-0.25, -0.2) is 0 Å². The van der Waals surface area contributed by atoms with E-state index in [0.717, 1.165) is 29.9 Å². The molecule has 0 spiro atoms. The van der Waals surface area contributed by atoms with Gasteiger partial charge < -0.3 is 10.2 Å². The summed E-state index contributed by atoms with van der Waals surface area (Å²) in [5.41, 5.74) is 0. The van der Waals surface area contributed by atoms with Gasteiger partial charge in [-0.1, -0.05) is 15.9 Å². The summed E-state index contributed by atoms with van der Waals surface area (Å²) in [5, 5.41) is 3.00. The van der Waals surface area contributed by atoms with Crippen molar-refractivity contribution in [2.75, 3.05) is 31.9 Å². The maximum absolute atomic E-state index is 11.7. The molecule has 2 N–H and O–H groups in total. The summed E-state index contributed by atoms with van der Waals surface area (Å²) < 4.78 is 1.10. The third-order valence-electron chi connectivity index (χ3n) is 3.23. The molecule has 0 saturated carbocycles. The van der Waals surface area contributed by atoms with Crippen molar-refractivity contribution in [3.63, 3.8) is 0 Å². The normalized spacial score (nSPS) is 15.6. The molecule has 2 rings (SSSR count). The molecule has 1 aliphatic rings. The molecular weight excluding hydrogens is 324 g/mol. The summed E-state index contributed by atoms with van der Waals surface area (Å²) in [6, 6.07) is 8.26. The fraction of sp³-hybridized carbons (Fsp3) is 0.500. The number of likely N-dealkylation sites (tertiary alicyclic amines) is 1. The summed E-state index contributed by atoms with van der Waals surface area (Å²) in [6.45, 7) is 3.69. The van der Waals surface area contributed by atoms with Crippen molar-refractivity contribution in [2.24, 2.45) is 0 Å². The molecule has 1 aromatic carbocycles. The van der Waals surface area contributed by atoms with Gasteiger partial charge in [-0.3, -0.25) is 4.79 Å². The molecule has 5 heteroatoms. The molecule has 1 aliphatic heterocycles. The van der Waals surface area contributed by atoms with Crippen molar-refractivity contribution in [2.45, 2.75) is 17.7 Å². The first kappa shape index (κ1) is 14.9. The Morgan fingerprint density at radius 1 is 1.26 bits per heavy atom. The Balaban J connectivity index is 1.58. The maximum atomic E-state index is 11.7. The fourth-order valence-electron chi connectivity index (χ4n) is 2.23. The largest absolute Gasteiger partial charge is 0.350 e. The van der Waals surface area contributed by atoms with E-state index >= 15 is 0 Å². The molecule has 1 fully saturated rings. The molecule has 0 bridgehead atoms. The first-order valence-corrected chi connectivity index (χ1v) is 8.50. The van der Waals surface area contributed by atoms with Crippen LogP contribution in [0.25, 0.3) is 0 Å². The van der Waals surface area contributed by atoms with Crippen LogP contribution in [-0.2, 0) is 4.79 Å². The van der Waals surface area contributed by atoms with Gasteiger partial charge >= 0.3 is 0 Å². The molecule has 1 heterocycles. The Labute approximate surface area is 127 Å². The van der Waals surface area contributed by atoms with Crippen LogP contribution in [-0.4, -0.2) is 37.8 Å². The Kier molecular flexibility index (Phi) is 6.20. The van der Waals surface area contributed by atoms with Crippen LogP contribution < -0.4 is 10.2 Å². The van der Waals surface area contributed by atoms with Crippen LogP contribution in [0.5, 0.6) is 0 Å². The molecule has 0 aliphatic carbocycles. The number of rotatable bonds is 6. The van der Waals surface area contributed by atoms with Crippen molar-refractivity contribution >= 4 is 33.6 Å². The van der Waals surface area contributed by atoms with Gasteiger partial charge in [-0.05, 0) is 24.3 Å². The average molecular weight is 344 g/mol. The van der Waals surface area contributed by atoms with Crippen LogP contribution in [0.3, 0.4) is 0 Å². The van der Waals surface area contributed by atoms with Gasteiger partial charge in [-0.15, -0.1) is 11.8 Å². The van der Waals surface area contributed by atoms with E-state index in [9.17, 15) is 4.79 Å². The zero-order valence-corrected chi connectivity index (χ0v) is 13.4. The summed E-state index contributed by atoms with van der Waals surface area (Å²) in [5.74, 6) is 1.11. The highest BCUT2D eigenvalue weighted by Crippen LogP contribution is 2.19. The van der Waals surface area contributed by atoms with Crippen LogP contribution in [0.4, 0.5) is 0 Å². The molecule has 1 aromatic rings. The second kappa shape index (κ2) is 7.92. The smallest absolute Gasteiger partial charge is 0.275 e. The maximum Gasteiger partial charge on any atom is 0.275 e. The number of carbonyl (C=O) groups excluding carboxylic acids is 1. The van der Waals surface area contributed by atoms with Crippen LogP contribution in [0.2, 0.25) is 0 Å². The van der Waals surface area contributed by atoms with Crippen molar-refractivity contribution < 1.29 is 9.69 Å². The Bertz CT molecular complexity index is 404. The van der Waals surface area contributed by atoms with E-state index in [2.05, 4.69) is 33.4 Å². The molecule has 0 radical (unpaired) electrons. The van der Waals surface area contributed by atoms with Crippen LogP contribution in [0.1, 0.15) is 12.8 Å².